The molecule has 2 heterocycles. The lowest BCUT2D eigenvalue weighted by Crippen LogP contribution is -2.66. The van der Waals surface area contributed by atoms with Crippen LogP contribution in [-0.4, -0.2) is 104 Å². The van der Waals surface area contributed by atoms with Crippen LogP contribution in [0, 0.1) is 0 Å². The fourth-order valence-electron chi connectivity index (χ4n) is 6.45. The van der Waals surface area contributed by atoms with Crippen molar-refractivity contribution < 1.29 is 71.7 Å². The van der Waals surface area contributed by atoms with E-state index in [4.69, 9.17) is 47.4 Å². The maximum atomic E-state index is 12.7. The van der Waals surface area contributed by atoms with Gasteiger partial charge in [-0.1, -0.05) is 91.0 Å². The predicted molar refractivity (Wildman–Crippen MR) is 194 cm³/mol. The topological polar surface area (TPSA) is 181 Å². The minimum atomic E-state index is -1.76. The molecule has 3 aromatic rings. The Morgan fingerprint density at radius 3 is 1.36 bits per heavy atom. The summed E-state index contributed by atoms with van der Waals surface area (Å²) >= 11 is 0. The molecule has 15 nitrogen and oxygen atoms in total. The average molecular weight is 781 g/mol. The van der Waals surface area contributed by atoms with Crippen LogP contribution in [0.5, 0.6) is 0 Å². The fourth-order valence-corrected chi connectivity index (χ4v) is 6.45. The highest BCUT2D eigenvalue weighted by Gasteiger charge is 2.56. The van der Waals surface area contributed by atoms with Crippen LogP contribution >= 0.6 is 0 Å². The first-order valence-corrected chi connectivity index (χ1v) is 18.2. The third kappa shape index (κ3) is 12.4. The molecular formula is C41H48O15. The summed E-state index contributed by atoms with van der Waals surface area (Å²) in [5.41, 5.74) is 2.45. The van der Waals surface area contributed by atoms with E-state index >= 15 is 0 Å². The molecule has 0 unspecified atom stereocenters. The van der Waals surface area contributed by atoms with Gasteiger partial charge in [0.25, 0.3) is 0 Å². The number of esters is 4. The largest absolute Gasteiger partial charge is 0.456 e. The average Bonchev–Trinajstić information content (AvgIpc) is 3.16. The second kappa shape index (κ2) is 21.0. The number of carbonyl (C=O) groups is 4. The zero-order valence-electron chi connectivity index (χ0n) is 31.6. The van der Waals surface area contributed by atoms with Crippen molar-refractivity contribution in [3.8, 4) is 0 Å². The van der Waals surface area contributed by atoms with Crippen LogP contribution in [-0.2, 0) is 86.4 Å². The smallest absolute Gasteiger partial charge is 0.303 e. The van der Waals surface area contributed by atoms with Crippen molar-refractivity contribution >= 4 is 23.9 Å². The number of carbonyl (C=O) groups excluding carboxylic acids is 4. The molecule has 0 radical (unpaired) electrons. The Labute approximate surface area is 325 Å². The van der Waals surface area contributed by atoms with Crippen molar-refractivity contribution in [1.29, 1.82) is 0 Å². The van der Waals surface area contributed by atoms with E-state index in [1.165, 1.54) is 13.8 Å². The first-order valence-electron chi connectivity index (χ1n) is 18.2. The SMILES string of the molecule is CC(=O)O[C@@H]1[C@@H](OC(C)=O)[C@@H](O)O[C@H](COCc2ccccc2)[C@H]1O[C@H]1O[C@H](COCc2ccccc2)[C@H](OC(C)=O)[C@H](OC(C)=O)[C@H]1OCc1ccccc1. The second-order valence-electron chi connectivity index (χ2n) is 13.3. The summed E-state index contributed by atoms with van der Waals surface area (Å²) in [7, 11) is 0. The molecule has 0 bridgehead atoms. The van der Waals surface area contributed by atoms with Gasteiger partial charge in [-0.15, -0.1) is 0 Å². The molecule has 2 fully saturated rings. The minimum Gasteiger partial charge on any atom is -0.456 e. The zero-order valence-corrected chi connectivity index (χ0v) is 31.6. The molecular weight excluding hydrogens is 732 g/mol. The Morgan fingerprint density at radius 2 is 0.893 bits per heavy atom. The molecule has 2 aliphatic heterocycles. The Morgan fingerprint density at radius 1 is 0.500 bits per heavy atom. The van der Waals surface area contributed by atoms with Crippen molar-refractivity contribution in [2.45, 2.75) is 109 Å². The van der Waals surface area contributed by atoms with Crippen molar-refractivity contribution in [3.63, 3.8) is 0 Å². The summed E-state index contributed by atoms with van der Waals surface area (Å²) in [6.45, 7) is 4.60. The molecule has 2 saturated heterocycles. The van der Waals surface area contributed by atoms with Gasteiger partial charge in [-0.05, 0) is 16.7 Å². The van der Waals surface area contributed by atoms with Gasteiger partial charge in [-0.2, -0.15) is 0 Å². The molecule has 0 amide bonds. The number of hydrogen-bond acceptors (Lipinski definition) is 15. The lowest BCUT2D eigenvalue weighted by Gasteiger charge is -2.48. The van der Waals surface area contributed by atoms with Crippen LogP contribution in [0.25, 0.3) is 0 Å². The van der Waals surface area contributed by atoms with Gasteiger partial charge in [0.1, 0.15) is 24.4 Å². The third-order valence-corrected chi connectivity index (χ3v) is 8.77. The fraction of sp³-hybridized carbons (Fsp3) is 0.463. The number of aliphatic hydroxyl groups is 1. The monoisotopic (exact) mass is 780 g/mol. The normalized spacial score (nSPS) is 27.4. The van der Waals surface area contributed by atoms with Crippen molar-refractivity contribution in [3.05, 3.63) is 108 Å². The van der Waals surface area contributed by atoms with Crippen LogP contribution in [0.15, 0.2) is 91.0 Å². The molecule has 15 heteroatoms. The van der Waals surface area contributed by atoms with Gasteiger partial charge in [-0.3, -0.25) is 19.2 Å². The minimum absolute atomic E-state index is 0.0264. The Kier molecular flexibility index (Phi) is 15.9. The van der Waals surface area contributed by atoms with E-state index in [0.29, 0.717) is 0 Å². The van der Waals surface area contributed by atoms with Crippen molar-refractivity contribution in [2.24, 2.45) is 0 Å². The first-order chi connectivity index (χ1) is 27.0. The molecule has 0 aliphatic carbocycles. The van der Waals surface area contributed by atoms with Crippen LogP contribution in [0.1, 0.15) is 44.4 Å². The van der Waals surface area contributed by atoms with E-state index in [1.807, 2.05) is 91.0 Å². The predicted octanol–water partition coefficient (Wildman–Crippen LogP) is 3.56. The third-order valence-electron chi connectivity index (χ3n) is 8.77. The number of benzene rings is 3. The van der Waals surface area contributed by atoms with Crippen LogP contribution in [0.4, 0.5) is 0 Å². The Bertz CT molecular complexity index is 1690. The molecule has 0 saturated carbocycles. The van der Waals surface area contributed by atoms with Crippen LogP contribution < -0.4 is 0 Å². The molecule has 56 heavy (non-hydrogen) atoms. The highest BCUT2D eigenvalue weighted by Crippen LogP contribution is 2.35. The van der Waals surface area contributed by atoms with Gasteiger partial charge >= 0.3 is 23.9 Å². The highest BCUT2D eigenvalue weighted by molar-refractivity contribution is 5.68. The maximum absolute atomic E-state index is 12.7. The molecule has 302 valence electrons. The number of rotatable bonds is 17. The molecule has 0 aromatic heterocycles. The lowest BCUT2D eigenvalue weighted by atomic mass is 9.96. The quantitative estimate of drug-likeness (QED) is 0.155. The maximum Gasteiger partial charge on any atom is 0.303 e. The summed E-state index contributed by atoms with van der Waals surface area (Å²) in [6.07, 6.45) is -13.7. The standard InChI is InChI=1S/C41H48O15/c1-25(42)50-34-33(24-48-21-30-16-10-6-11-17-30)55-41(39(37(34)52-27(3)44)49-22-31-18-12-7-13-19-31)56-35-32(23-47-20-29-14-8-5-9-15-29)54-40(46)38(53-28(4)45)36(35)51-26(2)43/h5-19,32-41,46H,20-24H2,1-4H3/t32-,33-,34+,35-,36+,37+,38-,39-,40+,41-/m1/s1. The van der Waals surface area contributed by atoms with E-state index in [-0.39, 0.29) is 33.0 Å². The Hall–Kier alpha value is -4.74. The summed E-state index contributed by atoms with van der Waals surface area (Å²) in [5.74, 6) is -2.97. The summed E-state index contributed by atoms with van der Waals surface area (Å²) < 4.78 is 60.2. The molecule has 3 aromatic carbocycles. The van der Waals surface area contributed by atoms with Gasteiger partial charge in [0, 0.05) is 27.7 Å². The molecule has 5 rings (SSSR count). The van der Waals surface area contributed by atoms with Gasteiger partial charge < -0.3 is 52.5 Å². The van der Waals surface area contributed by atoms with E-state index in [2.05, 4.69) is 0 Å². The highest BCUT2D eigenvalue weighted by atomic mass is 16.8. The van der Waals surface area contributed by atoms with E-state index in [0.717, 1.165) is 30.5 Å². The van der Waals surface area contributed by atoms with Gasteiger partial charge in [-0.25, -0.2) is 0 Å². The summed E-state index contributed by atoms with van der Waals surface area (Å²) in [6, 6.07) is 27.7. The van der Waals surface area contributed by atoms with Gasteiger partial charge in [0.15, 0.2) is 37.0 Å². The molecule has 10 atom stereocenters. The number of hydrogen-bond donors (Lipinski definition) is 1. The van der Waals surface area contributed by atoms with Crippen LogP contribution in [0.2, 0.25) is 0 Å². The number of ether oxygens (including phenoxy) is 10. The summed E-state index contributed by atoms with van der Waals surface area (Å²) in [4.78, 5) is 50.1. The summed E-state index contributed by atoms with van der Waals surface area (Å²) in [5, 5.41) is 11.1. The lowest BCUT2D eigenvalue weighted by molar-refractivity contribution is -0.363. The van der Waals surface area contributed by atoms with Gasteiger partial charge in [0.05, 0.1) is 33.0 Å². The zero-order chi connectivity index (χ0) is 40.0. The van der Waals surface area contributed by atoms with E-state index in [1.54, 1.807) is 0 Å². The van der Waals surface area contributed by atoms with Crippen LogP contribution in [0.3, 0.4) is 0 Å². The van der Waals surface area contributed by atoms with Crippen molar-refractivity contribution in [1.82, 2.24) is 0 Å². The Balaban J connectivity index is 1.52. The van der Waals surface area contributed by atoms with E-state index < -0.39 is 85.3 Å². The second-order valence-corrected chi connectivity index (χ2v) is 13.3. The molecule has 0 spiro atoms. The van der Waals surface area contributed by atoms with Crippen molar-refractivity contribution in [2.75, 3.05) is 13.2 Å². The molecule has 2 aliphatic rings. The van der Waals surface area contributed by atoms with Gasteiger partial charge in [0.2, 0.25) is 0 Å². The van der Waals surface area contributed by atoms with E-state index in [9.17, 15) is 24.3 Å². The first kappa shape index (κ1) is 42.4. The molecule has 1 N–H and O–H groups in total. The number of aliphatic hydroxyl groups excluding tert-OH is 1.